The summed E-state index contributed by atoms with van der Waals surface area (Å²) in [5.41, 5.74) is 2.94. The Morgan fingerprint density at radius 2 is 2.00 bits per heavy atom. The third-order valence-electron chi connectivity index (χ3n) is 8.81. The molecule has 27 heavy (non-hydrogen) atoms. The zero-order chi connectivity index (χ0) is 19.2. The van der Waals surface area contributed by atoms with E-state index in [-0.39, 0.29) is 5.41 Å². The molecule has 4 aliphatic rings. The fraction of sp³-hybridized carbons (Fsp3) is 0.826. The van der Waals surface area contributed by atoms with E-state index in [0.29, 0.717) is 41.5 Å². The molecule has 4 aliphatic carbocycles. The van der Waals surface area contributed by atoms with Gasteiger partial charge in [-0.3, -0.25) is 4.79 Å². The van der Waals surface area contributed by atoms with E-state index in [2.05, 4.69) is 30.9 Å². The summed E-state index contributed by atoms with van der Waals surface area (Å²) in [5.74, 6) is 2.94. The van der Waals surface area contributed by atoms with Crippen LogP contribution in [0.1, 0.15) is 65.2 Å². The summed E-state index contributed by atoms with van der Waals surface area (Å²) in [6, 6.07) is 0. The van der Waals surface area contributed by atoms with Crippen molar-refractivity contribution in [3.05, 3.63) is 12.2 Å². The molecular weight excluding hydrogens is 336 g/mol. The van der Waals surface area contributed by atoms with Crippen molar-refractivity contribution in [2.45, 2.75) is 65.2 Å². The van der Waals surface area contributed by atoms with Gasteiger partial charge in [-0.05, 0) is 81.1 Å². The van der Waals surface area contributed by atoms with Crippen molar-refractivity contribution in [2.24, 2.45) is 39.7 Å². The van der Waals surface area contributed by atoms with Gasteiger partial charge in [0.25, 0.3) is 0 Å². The number of Topliss-reactive ketones (excluding diaryl/α,β-unsaturated/α-hetero) is 1. The van der Waals surface area contributed by atoms with Crippen LogP contribution < -0.4 is 5.32 Å². The molecule has 0 aliphatic heterocycles. The number of hydrogen-bond donors (Lipinski definition) is 1. The second-order valence-electron chi connectivity index (χ2n) is 10.0. The van der Waals surface area contributed by atoms with Gasteiger partial charge >= 0.3 is 0 Å². The fourth-order valence-electron chi connectivity index (χ4n) is 7.07. The molecule has 150 valence electrons. The Morgan fingerprint density at radius 3 is 2.78 bits per heavy atom. The van der Waals surface area contributed by atoms with Gasteiger partial charge in [-0.15, -0.1) is 0 Å². The third-order valence-corrected chi connectivity index (χ3v) is 8.81. The van der Waals surface area contributed by atoms with Crippen LogP contribution >= 0.6 is 0 Å². The predicted octanol–water partition coefficient (Wildman–Crippen LogP) is 4.36. The van der Waals surface area contributed by atoms with Crippen LogP contribution in [0.5, 0.6) is 0 Å². The molecule has 0 aromatic heterocycles. The number of carbonyl (C=O) groups is 1. The molecular formula is C23H36N2O2. The summed E-state index contributed by atoms with van der Waals surface area (Å²) in [7, 11) is 1.93. The van der Waals surface area contributed by atoms with Gasteiger partial charge < -0.3 is 10.2 Å². The van der Waals surface area contributed by atoms with Crippen LogP contribution in [0.2, 0.25) is 0 Å². The molecule has 6 atom stereocenters. The summed E-state index contributed by atoms with van der Waals surface area (Å²) in [5, 5.41) is 7.54. The van der Waals surface area contributed by atoms with Gasteiger partial charge in [0.15, 0.2) is 0 Å². The molecule has 4 fully saturated rings. The molecule has 0 bridgehead atoms. The molecule has 4 heteroatoms. The van der Waals surface area contributed by atoms with Crippen LogP contribution in [0.25, 0.3) is 0 Å². The van der Waals surface area contributed by atoms with Crippen LogP contribution in [0.4, 0.5) is 0 Å². The Labute approximate surface area is 164 Å². The predicted molar refractivity (Wildman–Crippen MR) is 109 cm³/mol. The van der Waals surface area contributed by atoms with Gasteiger partial charge in [-0.25, -0.2) is 0 Å². The lowest BCUT2D eigenvalue weighted by molar-refractivity contribution is -0.133. The standard InChI is InChI=1S/C23H36N2O2/c1-15-13-16-14-17(25-27-12-11-24-4)7-9-22(16,2)19-8-10-23(3)18(21(15)19)5-6-20(23)26/h16,18-19,21,24H,1,5-14H2,2-4H3/t16?,18-,19-,21-,22-,23-/m0/s1. The minimum atomic E-state index is -0.0737. The second-order valence-corrected chi connectivity index (χ2v) is 10.0. The molecule has 4 nitrogen and oxygen atoms in total. The maximum atomic E-state index is 12.6. The van der Waals surface area contributed by atoms with E-state index >= 15 is 0 Å². The minimum Gasteiger partial charge on any atom is -0.394 e. The van der Waals surface area contributed by atoms with Crippen molar-refractivity contribution in [1.82, 2.24) is 5.32 Å². The summed E-state index contributed by atoms with van der Waals surface area (Å²) < 4.78 is 0. The highest BCUT2D eigenvalue weighted by molar-refractivity contribution is 5.87. The number of hydrogen-bond acceptors (Lipinski definition) is 4. The van der Waals surface area contributed by atoms with Crippen LogP contribution in [0, 0.1) is 34.5 Å². The lowest BCUT2D eigenvalue weighted by atomic mass is 9.44. The molecule has 1 unspecified atom stereocenters. The smallest absolute Gasteiger partial charge is 0.139 e. The number of carbonyl (C=O) groups excluding carboxylic acids is 1. The maximum absolute atomic E-state index is 12.6. The maximum Gasteiger partial charge on any atom is 0.139 e. The van der Waals surface area contributed by atoms with E-state index < -0.39 is 0 Å². The van der Waals surface area contributed by atoms with Gasteiger partial charge in [0, 0.05) is 18.4 Å². The van der Waals surface area contributed by atoms with Crippen LogP contribution in [-0.2, 0) is 9.63 Å². The number of fused-ring (bicyclic) bond motifs is 5. The molecule has 0 spiro atoms. The van der Waals surface area contributed by atoms with E-state index in [1.54, 1.807) is 0 Å². The van der Waals surface area contributed by atoms with Crippen molar-refractivity contribution in [2.75, 3.05) is 20.2 Å². The number of nitrogens with zero attached hydrogens (tertiary/aromatic N) is 1. The number of likely N-dealkylation sites (N-methyl/N-ethyl adjacent to an activating group) is 1. The Balaban J connectivity index is 1.52. The summed E-state index contributed by atoms with van der Waals surface area (Å²) in [6.07, 6.45) is 8.58. The molecule has 0 radical (unpaired) electrons. The molecule has 0 saturated heterocycles. The van der Waals surface area contributed by atoms with Gasteiger partial charge in [0.2, 0.25) is 0 Å². The SMILES string of the molecule is C=C1CC2CC(=NOCCNC)CC[C@]2(C)[C@H]2CC[C@]3(C)C(=O)CC[C@H]3[C@H]12. The monoisotopic (exact) mass is 372 g/mol. The van der Waals surface area contributed by atoms with Gasteiger partial charge in [0.05, 0.1) is 5.71 Å². The highest BCUT2D eigenvalue weighted by Crippen LogP contribution is 2.66. The van der Waals surface area contributed by atoms with E-state index in [0.717, 1.165) is 45.1 Å². The Kier molecular flexibility index (Phi) is 4.99. The first kappa shape index (κ1) is 19.2. The average molecular weight is 373 g/mol. The Bertz CT molecular complexity index is 657. The summed E-state index contributed by atoms with van der Waals surface area (Å²) >= 11 is 0. The highest BCUT2D eigenvalue weighted by atomic mass is 16.6. The molecule has 1 N–H and O–H groups in total. The average Bonchev–Trinajstić information content (AvgIpc) is 2.95. The van der Waals surface area contributed by atoms with Gasteiger partial charge in [-0.1, -0.05) is 31.2 Å². The normalized spacial score (nSPS) is 45.4. The summed E-state index contributed by atoms with van der Waals surface area (Å²) in [4.78, 5) is 18.1. The van der Waals surface area contributed by atoms with Crippen molar-refractivity contribution in [3.63, 3.8) is 0 Å². The number of nitrogens with one attached hydrogen (secondary N) is 1. The highest BCUT2D eigenvalue weighted by Gasteiger charge is 2.61. The number of rotatable bonds is 4. The quantitative estimate of drug-likeness (QED) is 0.453. The molecule has 0 aromatic rings. The van der Waals surface area contributed by atoms with Crippen molar-refractivity contribution >= 4 is 11.5 Å². The molecule has 4 saturated carbocycles. The van der Waals surface area contributed by atoms with E-state index in [4.69, 9.17) is 4.84 Å². The zero-order valence-corrected chi connectivity index (χ0v) is 17.4. The number of allylic oxidation sites excluding steroid dienone is 1. The van der Waals surface area contributed by atoms with Gasteiger partial charge in [0.1, 0.15) is 12.4 Å². The topological polar surface area (TPSA) is 50.7 Å². The first-order chi connectivity index (χ1) is 12.9. The fourth-order valence-corrected chi connectivity index (χ4v) is 7.07. The first-order valence-electron chi connectivity index (χ1n) is 10.9. The zero-order valence-electron chi connectivity index (χ0n) is 17.4. The third kappa shape index (κ3) is 2.99. The minimum absolute atomic E-state index is 0.0737. The van der Waals surface area contributed by atoms with Crippen LogP contribution in [0.3, 0.4) is 0 Å². The second kappa shape index (κ2) is 7.02. The molecule has 0 heterocycles. The van der Waals surface area contributed by atoms with E-state index in [1.165, 1.54) is 24.1 Å². The lowest BCUT2D eigenvalue weighted by Crippen LogP contribution is -2.54. The van der Waals surface area contributed by atoms with Crippen LogP contribution in [-0.4, -0.2) is 31.7 Å². The largest absolute Gasteiger partial charge is 0.394 e. The van der Waals surface area contributed by atoms with Crippen molar-refractivity contribution < 1.29 is 9.63 Å². The summed E-state index contributed by atoms with van der Waals surface area (Å²) in [6.45, 7) is 10.8. The van der Waals surface area contributed by atoms with Crippen LogP contribution in [0.15, 0.2) is 17.3 Å². The van der Waals surface area contributed by atoms with Gasteiger partial charge in [-0.2, -0.15) is 0 Å². The van der Waals surface area contributed by atoms with E-state index in [9.17, 15) is 4.79 Å². The van der Waals surface area contributed by atoms with Crippen molar-refractivity contribution in [1.29, 1.82) is 0 Å². The number of oxime groups is 1. The van der Waals surface area contributed by atoms with E-state index in [1.807, 2.05) is 7.05 Å². The first-order valence-corrected chi connectivity index (χ1v) is 10.9. The molecule has 0 amide bonds. The Hall–Kier alpha value is -1.16. The lowest BCUT2D eigenvalue weighted by Gasteiger charge is -2.60. The molecule has 0 aromatic carbocycles. The van der Waals surface area contributed by atoms with Crippen molar-refractivity contribution in [3.8, 4) is 0 Å². The molecule has 4 rings (SSSR count). The number of ketones is 1. The Morgan fingerprint density at radius 1 is 1.19 bits per heavy atom.